The topological polar surface area (TPSA) is 75.6 Å². The molecule has 0 heterocycles. The first-order valence-electron chi connectivity index (χ1n) is 6.70. The quantitative estimate of drug-likeness (QED) is 0.833. The monoisotopic (exact) mass is 277 g/mol. The molecule has 2 rings (SSSR count). The number of carbonyl (C=O) groups is 2. The first kappa shape index (κ1) is 14.4. The molecule has 1 fully saturated rings. The van der Waals surface area contributed by atoms with E-state index in [2.05, 4.69) is 5.32 Å². The molecule has 20 heavy (non-hydrogen) atoms. The summed E-state index contributed by atoms with van der Waals surface area (Å²) in [5, 5.41) is 11.9. The summed E-state index contributed by atoms with van der Waals surface area (Å²) in [6.45, 7) is 1.85. The number of rotatable bonds is 6. The summed E-state index contributed by atoms with van der Waals surface area (Å²) < 4.78 is 5.03. The Kier molecular flexibility index (Phi) is 4.27. The maximum Gasteiger partial charge on any atom is 0.330 e. The highest BCUT2D eigenvalue weighted by atomic mass is 16.5. The minimum absolute atomic E-state index is 0.130. The molecular formula is C15H19NO4. The molecule has 1 aliphatic rings. The van der Waals surface area contributed by atoms with E-state index in [0.717, 1.165) is 12.8 Å². The third-order valence-corrected chi connectivity index (χ3v) is 3.73. The normalized spacial score (nSPS) is 17.1. The van der Waals surface area contributed by atoms with Crippen molar-refractivity contribution in [3.63, 3.8) is 0 Å². The van der Waals surface area contributed by atoms with Gasteiger partial charge >= 0.3 is 5.97 Å². The molecule has 1 aromatic rings. The van der Waals surface area contributed by atoms with Crippen molar-refractivity contribution >= 4 is 11.9 Å². The number of ether oxygens (including phenoxy) is 1. The van der Waals surface area contributed by atoms with Crippen LogP contribution in [0.15, 0.2) is 24.3 Å². The lowest BCUT2D eigenvalue weighted by atomic mass is 10.0. The van der Waals surface area contributed by atoms with E-state index in [1.807, 2.05) is 6.92 Å². The van der Waals surface area contributed by atoms with E-state index in [-0.39, 0.29) is 11.8 Å². The summed E-state index contributed by atoms with van der Waals surface area (Å²) in [5.74, 6) is -0.340. The Morgan fingerprint density at radius 2 is 1.90 bits per heavy atom. The average molecular weight is 277 g/mol. The van der Waals surface area contributed by atoms with Crippen molar-refractivity contribution in [1.29, 1.82) is 0 Å². The Bertz CT molecular complexity index is 493. The van der Waals surface area contributed by atoms with Crippen LogP contribution in [-0.2, 0) is 9.59 Å². The first-order valence-corrected chi connectivity index (χ1v) is 6.70. The third kappa shape index (κ3) is 3.29. The van der Waals surface area contributed by atoms with E-state index < -0.39 is 12.0 Å². The van der Waals surface area contributed by atoms with Crippen LogP contribution in [0.5, 0.6) is 5.75 Å². The van der Waals surface area contributed by atoms with Crippen molar-refractivity contribution in [2.75, 3.05) is 7.11 Å². The van der Waals surface area contributed by atoms with Gasteiger partial charge in [-0.25, -0.2) is 4.79 Å². The number of hydrogen-bond donors (Lipinski definition) is 2. The lowest BCUT2D eigenvalue weighted by Gasteiger charge is -2.18. The fraction of sp³-hybridized carbons (Fsp3) is 0.467. The van der Waals surface area contributed by atoms with E-state index in [1.54, 1.807) is 31.4 Å². The van der Waals surface area contributed by atoms with Crippen LogP contribution < -0.4 is 10.1 Å². The van der Waals surface area contributed by atoms with E-state index in [4.69, 9.17) is 4.74 Å². The Morgan fingerprint density at radius 1 is 1.30 bits per heavy atom. The number of hydrogen-bond acceptors (Lipinski definition) is 3. The number of methoxy groups -OCH3 is 1. The number of carboxylic acids is 1. The zero-order valence-electron chi connectivity index (χ0n) is 11.6. The predicted octanol–water partition coefficient (Wildman–Crippen LogP) is 1.98. The molecule has 1 saturated carbocycles. The van der Waals surface area contributed by atoms with Crippen molar-refractivity contribution in [3.8, 4) is 5.75 Å². The van der Waals surface area contributed by atoms with Gasteiger partial charge < -0.3 is 15.2 Å². The molecule has 2 atom stereocenters. The minimum Gasteiger partial charge on any atom is -0.497 e. The first-order chi connectivity index (χ1) is 9.52. The summed E-state index contributed by atoms with van der Waals surface area (Å²) in [6, 6.07) is 5.65. The maximum absolute atomic E-state index is 12.0. The molecular weight excluding hydrogens is 258 g/mol. The number of carbonyl (C=O) groups excluding carboxylic acids is 1. The zero-order chi connectivity index (χ0) is 14.7. The molecule has 0 saturated heterocycles. The fourth-order valence-corrected chi connectivity index (χ4v) is 2.17. The Balaban J connectivity index is 2.09. The SMILES string of the molecule is COc1ccc(C(NC(=O)C(C)C2CC2)C(=O)O)cc1. The minimum atomic E-state index is -1.06. The van der Waals surface area contributed by atoms with E-state index in [9.17, 15) is 14.7 Å². The molecule has 1 aromatic carbocycles. The lowest BCUT2D eigenvalue weighted by Crippen LogP contribution is -2.37. The highest BCUT2D eigenvalue weighted by Crippen LogP contribution is 2.36. The molecule has 0 spiro atoms. The van der Waals surface area contributed by atoms with Gasteiger partial charge in [-0.2, -0.15) is 0 Å². The number of nitrogens with one attached hydrogen (secondary N) is 1. The van der Waals surface area contributed by atoms with Gasteiger partial charge in [-0.1, -0.05) is 19.1 Å². The van der Waals surface area contributed by atoms with Gasteiger partial charge in [-0.05, 0) is 36.5 Å². The second kappa shape index (κ2) is 5.94. The van der Waals surface area contributed by atoms with Crippen LogP contribution in [0.1, 0.15) is 31.4 Å². The fourth-order valence-electron chi connectivity index (χ4n) is 2.17. The number of carboxylic acid groups (broad SMARTS) is 1. The van der Waals surface area contributed by atoms with Gasteiger partial charge in [0, 0.05) is 5.92 Å². The van der Waals surface area contributed by atoms with Crippen LogP contribution in [0, 0.1) is 11.8 Å². The number of amides is 1. The average Bonchev–Trinajstić information content (AvgIpc) is 3.28. The summed E-state index contributed by atoms with van der Waals surface area (Å²) in [7, 11) is 1.54. The number of benzene rings is 1. The molecule has 2 unspecified atom stereocenters. The standard InChI is InChI=1S/C15H19NO4/c1-9(10-3-4-10)14(17)16-13(15(18)19)11-5-7-12(20-2)8-6-11/h5-10,13H,3-4H2,1-2H3,(H,16,17)(H,18,19). The van der Waals surface area contributed by atoms with Gasteiger partial charge in [0.15, 0.2) is 6.04 Å². The lowest BCUT2D eigenvalue weighted by molar-refractivity contribution is -0.142. The van der Waals surface area contributed by atoms with Crippen molar-refractivity contribution in [2.45, 2.75) is 25.8 Å². The van der Waals surface area contributed by atoms with Crippen LogP contribution in [0.4, 0.5) is 0 Å². The second-order valence-electron chi connectivity index (χ2n) is 5.18. The second-order valence-corrected chi connectivity index (χ2v) is 5.18. The summed E-state index contributed by atoms with van der Waals surface area (Å²) in [6.07, 6.45) is 2.10. The largest absolute Gasteiger partial charge is 0.497 e. The van der Waals surface area contributed by atoms with Crippen LogP contribution >= 0.6 is 0 Å². The highest BCUT2D eigenvalue weighted by Gasteiger charge is 2.34. The van der Waals surface area contributed by atoms with Gasteiger partial charge in [-0.15, -0.1) is 0 Å². The van der Waals surface area contributed by atoms with Gasteiger partial charge in [0.1, 0.15) is 5.75 Å². The van der Waals surface area contributed by atoms with E-state index >= 15 is 0 Å². The Morgan fingerprint density at radius 3 is 2.35 bits per heavy atom. The highest BCUT2D eigenvalue weighted by molar-refractivity contribution is 5.86. The smallest absolute Gasteiger partial charge is 0.330 e. The van der Waals surface area contributed by atoms with E-state index in [0.29, 0.717) is 17.2 Å². The van der Waals surface area contributed by atoms with Gasteiger partial charge in [0.05, 0.1) is 7.11 Å². The van der Waals surface area contributed by atoms with Crippen molar-refractivity contribution in [1.82, 2.24) is 5.32 Å². The summed E-state index contributed by atoms with van der Waals surface area (Å²) in [5.41, 5.74) is 0.537. The molecule has 1 aliphatic carbocycles. The molecule has 5 heteroatoms. The molecule has 2 N–H and O–H groups in total. The molecule has 1 amide bonds. The molecule has 0 aromatic heterocycles. The molecule has 0 bridgehead atoms. The molecule has 5 nitrogen and oxygen atoms in total. The Hall–Kier alpha value is -2.04. The molecule has 0 radical (unpaired) electrons. The molecule has 108 valence electrons. The van der Waals surface area contributed by atoms with Crippen molar-refractivity contribution < 1.29 is 19.4 Å². The third-order valence-electron chi connectivity index (χ3n) is 3.73. The van der Waals surface area contributed by atoms with Crippen LogP contribution in [0.2, 0.25) is 0 Å². The number of aliphatic carboxylic acids is 1. The summed E-state index contributed by atoms with van der Waals surface area (Å²) >= 11 is 0. The summed E-state index contributed by atoms with van der Waals surface area (Å²) in [4.78, 5) is 23.4. The van der Waals surface area contributed by atoms with Crippen LogP contribution in [-0.4, -0.2) is 24.1 Å². The van der Waals surface area contributed by atoms with Gasteiger partial charge in [0.25, 0.3) is 0 Å². The van der Waals surface area contributed by atoms with Crippen molar-refractivity contribution in [3.05, 3.63) is 29.8 Å². The Labute approximate surface area is 117 Å². The molecule has 0 aliphatic heterocycles. The van der Waals surface area contributed by atoms with Crippen molar-refractivity contribution in [2.24, 2.45) is 11.8 Å². The van der Waals surface area contributed by atoms with E-state index in [1.165, 1.54) is 0 Å². The van der Waals surface area contributed by atoms with Crippen LogP contribution in [0.3, 0.4) is 0 Å². The maximum atomic E-state index is 12.0. The zero-order valence-corrected chi connectivity index (χ0v) is 11.6. The van der Waals surface area contributed by atoms with Crippen LogP contribution in [0.25, 0.3) is 0 Å². The van der Waals surface area contributed by atoms with Gasteiger partial charge in [-0.3, -0.25) is 4.79 Å². The van der Waals surface area contributed by atoms with Gasteiger partial charge in [0.2, 0.25) is 5.91 Å². The predicted molar refractivity (Wildman–Crippen MR) is 73.4 cm³/mol.